The van der Waals surface area contributed by atoms with Crippen molar-refractivity contribution in [1.29, 1.82) is 0 Å². The van der Waals surface area contributed by atoms with Crippen LogP contribution in [0.3, 0.4) is 0 Å². The number of aryl methyl sites for hydroxylation is 1. The molecule has 2 aromatic rings. The van der Waals surface area contributed by atoms with E-state index >= 15 is 0 Å². The van der Waals surface area contributed by atoms with Crippen LogP contribution in [0.4, 0.5) is 5.82 Å². The lowest BCUT2D eigenvalue weighted by Gasteiger charge is -2.29. The number of rotatable bonds is 7. The van der Waals surface area contributed by atoms with Crippen LogP contribution >= 0.6 is 0 Å². The number of aromatic nitrogens is 1. The summed E-state index contributed by atoms with van der Waals surface area (Å²) in [4.78, 5) is 12.8. The van der Waals surface area contributed by atoms with Gasteiger partial charge >= 0.3 is 0 Å². The highest BCUT2D eigenvalue weighted by molar-refractivity contribution is 7.89. The summed E-state index contributed by atoms with van der Waals surface area (Å²) in [6.07, 6.45) is 5.36. The second-order valence-electron chi connectivity index (χ2n) is 9.45. The van der Waals surface area contributed by atoms with Crippen molar-refractivity contribution in [2.24, 2.45) is 5.92 Å². The molecule has 0 atom stereocenters. The third-order valence-electron chi connectivity index (χ3n) is 5.76. The lowest BCUT2D eigenvalue weighted by Crippen LogP contribution is -2.41. The second-order valence-corrected chi connectivity index (χ2v) is 11.4. The van der Waals surface area contributed by atoms with Gasteiger partial charge in [-0.1, -0.05) is 57.3 Å². The lowest BCUT2D eigenvalue weighted by molar-refractivity contribution is -0.116. The summed E-state index contributed by atoms with van der Waals surface area (Å²) in [5.41, 5.74) is 0.990. The molecular formula is C23H33N3O4S. The van der Waals surface area contributed by atoms with Gasteiger partial charge in [0.25, 0.3) is 0 Å². The average molecular weight is 448 g/mol. The van der Waals surface area contributed by atoms with Crippen molar-refractivity contribution in [2.75, 3.05) is 18.4 Å². The van der Waals surface area contributed by atoms with Crippen LogP contribution in [-0.2, 0) is 20.2 Å². The molecule has 1 heterocycles. The van der Waals surface area contributed by atoms with E-state index in [1.54, 1.807) is 25.1 Å². The van der Waals surface area contributed by atoms with Gasteiger partial charge in [0, 0.05) is 12.6 Å². The molecule has 1 aromatic heterocycles. The molecule has 0 bridgehead atoms. The first kappa shape index (κ1) is 23.5. The highest BCUT2D eigenvalue weighted by atomic mass is 32.2. The maximum Gasteiger partial charge on any atom is 0.243 e. The van der Waals surface area contributed by atoms with Crippen LogP contribution in [0, 0.1) is 12.8 Å². The van der Waals surface area contributed by atoms with Gasteiger partial charge in [0.05, 0.1) is 11.4 Å². The molecule has 0 spiro atoms. The number of anilines is 1. The highest BCUT2D eigenvalue weighted by Gasteiger charge is 2.30. The fourth-order valence-electron chi connectivity index (χ4n) is 3.95. The molecule has 0 unspecified atom stereocenters. The summed E-state index contributed by atoms with van der Waals surface area (Å²) < 4.78 is 33.2. The molecule has 7 nitrogen and oxygen atoms in total. The Bertz CT molecular complexity index is 985. The van der Waals surface area contributed by atoms with Crippen molar-refractivity contribution in [3.63, 3.8) is 0 Å². The average Bonchev–Trinajstić information content (AvgIpc) is 3.12. The predicted octanol–water partition coefficient (Wildman–Crippen LogP) is 4.49. The van der Waals surface area contributed by atoms with Crippen LogP contribution in [-0.4, -0.2) is 36.9 Å². The highest BCUT2D eigenvalue weighted by Crippen LogP contribution is 2.28. The first-order valence-corrected chi connectivity index (χ1v) is 12.3. The Balaban J connectivity index is 1.82. The Morgan fingerprint density at radius 2 is 1.81 bits per heavy atom. The number of benzene rings is 1. The van der Waals surface area contributed by atoms with E-state index < -0.39 is 15.9 Å². The standard InChI is InChI=1S/C23H33N3O4S/c1-17-14-21(25-30-17)24-22(27)16-26(15-18-8-6-5-7-9-18)31(28,29)20-12-10-19(11-13-20)23(2,3)4/h10-14,18H,5-9,15-16H2,1-4H3,(H,24,25,27). The van der Waals surface area contributed by atoms with Crippen LogP contribution in [0.25, 0.3) is 0 Å². The van der Waals surface area contributed by atoms with E-state index in [-0.39, 0.29) is 28.6 Å². The van der Waals surface area contributed by atoms with Gasteiger partial charge < -0.3 is 9.84 Å². The summed E-state index contributed by atoms with van der Waals surface area (Å²) in [5, 5.41) is 6.39. The number of nitrogens with one attached hydrogen (secondary N) is 1. The number of sulfonamides is 1. The Labute approximate surface area is 185 Å². The number of carbonyl (C=O) groups is 1. The Kier molecular flexibility index (Phi) is 7.21. The van der Waals surface area contributed by atoms with E-state index in [9.17, 15) is 13.2 Å². The molecule has 31 heavy (non-hydrogen) atoms. The third kappa shape index (κ3) is 6.17. The van der Waals surface area contributed by atoms with E-state index in [4.69, 9.17) is 4.52 Å². The van der Waals surface area contributed by atoms with Gasteiger partial charge in [-0.05, 0) is 48.8 Å². The zero-order valence-electron chi connectivity index (χ0n) is 18.8. The fourth-order valence-corrected chi connectivity index (χ4v) is 5.42. The molecule has 1 aromatic carbocycles. The maximum absolute atomic E-state index is 13.5. The van der Waals surface area contributed by atoms with Crippen molar-refractivity contribution >= 4 is 21.7 Å². The number of hydrogen-bond acceptors (Lipinski definition) is 5. The van der Waals surface area contributed by atoms with Crippen molar-refractivity contribution in [3.05, 3.63) is 41.7 Å². The van der Waals surface area contributed by atoms with Crippen molar-refractivity contribution in [2.45, 2.75) is 70.1 Å². The van der Waals surface area contributed by atoms with Gasteiger partial charge in [-0.25, -0.2) is 8.42 Å². The van der Waals surface area contributed by atoms with Gasteiger partial charge in [0.2, 0.25) is 15.9 Å². The molecule has 0 saturated heterocycles. The first-order valence-electron chi connectivity index (χ1n) is 10.9. The number of nitrogens with zero attached hydrogens (tertiary/aromatic N) is 2. The molecule has 3 rings (SSSR count). The Morgan fingerprint density at radius 3 is 2.35 bits per heavy atom. The fraction of sp³-hybridized carbons (Fsp3) is 0.565. The van der Waals surface area contributed by atoms with Crippen LogP contribution < -0.4 is 5.32 Å². The summed E-state index contributed by atoms with van der Waals surface area (Å²) in [7, 11) is -3.82. The molecule has 0 aliphatic heterocycles. The summed E-state index contributed by atoms with van der Waals surface area (Å²) in [6.45, 7) is 8.07. The van der Waals surface area contributed by atoms with E-state index in [1.807, 2.05) is 12.1 Å². The molecule has 1 aliphatic rings. The Hall–Kier alpha value is -2.19. The summed E-state index contributed by atoms with van der Waals surface area (Å²) in [5.74, 6) is 0.687. The zero-order valence-corrected chi connectivity index (χ0v) is 19.7. The SMILES string of the molecule is Cc1cc(NC(=O)CN(CC2CCCCC2)S(=O)(=O)c2ccc(C(C)(C)C)cc2)no1. The number of amides is 1. The number of carbonyl (C=O) groups excluding carboxylic acids is 1. The quantitative estimate of drug-likeness (QED) is 0.675. The third-order valence-corrected chi connectivity index (χ3v) is 7.59. The minimum atomic E-state index is -3.82. The summed E-state index contributed by atoms with van der Waals surface area (Å²) >= 11 is 0. The molecule has 1 fully saturated rings. The van der Waals surface area contributed by atoms with Crippen LogP contribution in [0.5, 0.6) is 0 Å². The van der Waals surface area contributed by atoms with Crippen molar-refractivity contribution in [3.8, 4) is 0 Å². The van der Waals surface area contributed by atoms with Crippen molar-refractivity contribution < 1.29 is 17.7 Å². The minimum absolute atomic E-state index is 0.0698. The normalized spacial score (nSPS) is 15.9. The van der Waals surface area contributed by atoms with Crippen LogP contribution in [0.15, 0.2) is 39.8 Å². The Morgan fingerprint density at radius 1 is 1.16 bits per heavy atom. The van der Waals surface area contributed by atoms with Gasteiger partial charge in [0.15, 0.2) is 5.82 Å². The van der Waals surface area contributed by atoms with Gasteiger partial charge in [0.1, 0.15) is 5.76 Å². The largest absolute Gasteiger partial charge is 0.360 e. The monoisotopic (exact) mass is 447 g/mol. The molecular weight excluding hydrogens is 414 g/mol. The van der Waals surface area contributed by atoms with Gasteiger partial charge in [-0.15, -0.1) is 0 Å². The topological polar surface area (TPSA) is 92.5 Å². The van der Waals surface area contributed by atoms with Crippen molar-refractivity contribution in [1.82, 2.24) is 9.46 Å². The molecule has 0 radical (unpaired) electrons. The first-order chi connectivity index (χ1) is 14.6. The lowest BCUT2D eigenvalue weighted by atomic mass is 9.87. The van der Waals surface area contributed by atoms with E-state index in [0.29, 0.717) is 12.3 Å². The summed E-state index contributed by atoms with van der Waals surface area (Å²) in [6, 6.07) is 8.59. The zero-order chi connectivity index (χ0) is 22.6. The molecule has 1 saturated carbocycles. The second kappa shape index (κ2) is 9.53. The molecule has 170 valence electrons. The van der Waals surface area contributed by atoms with Gasteiger partial charge in [-0.2, -0.15) is 4.31 Å². The van der Waals surface area contributed by atoms with Crippen LogP contribution in [0.2, 0.25) is 0 Å². The predicted molar refractivity (Wildman–Crippen MR) is 120 cm³/mol. The minimum Gasteiger partial charge on any atom is -0.360 e. The van der Waals surface area contributed by atoms with E-state index in [0.717, 1.165) is 31.2 Å². The van der Waals surface area contributed by atoms with Crippen LogP contribution in [0.1, 0.15) is 64.2 Å². The number of hydrogen-bond donors (Lipinski definition) is 1. The van der Waals surface area contributed by atoms with E-state index in [1.165, 1.54) is 10.7 Å². The van der Waals surface area contributed by atoms with E-state index in [2.05, 4.69) is 31.2 Å². The van der Waals surface area contributed by atoms with Gasteiger partial charge in [-0.3, -0.25) is 4.79 Å². The molecule has 8 heteroatoms. The maximum atomic E-state index is 13.5. The smallest absolute Gasteiger partial charge is 0.243 e. The molecule has 1 aliphatic carbocycles. The molecule has 1 N–H and O–H groups in total. The molecule has 1 amide bonds.